The lowest BCUT2D eigenvalue weighted by molar-refractivity contribution is -0.135. The standard InChI is InChI=1S/C11H12O5/c1-14-8-4-7(5-9(6-8)15-2)10(12)11(13)16-3/h4-6H,1-3H3. The summed E-state index contributed by atoms with van der Waals surface area (Å²) < 4.78 is 14.3. The molecule has 0 aliphatic carbocycles. The topological polar surface area (TPSA) is 61.8 Å². The fourth-order valence-corrected chi connectivity index (χ4v) is 1.15. The Balaban J connectivity index is 3.12. The van der Waals surface area contributed by atoms with Gasteiger partial charge in [0.15, 0.2) is 0 Å². The Hall–Kier alpha value is -2.04. The van der Waals surface area contributed by atoms with Gasteiger partial charge < -0.3 is 14.2 Å². The van der Waals surface area contributed by atoms with Crippen LogP contribution in [-0.4, -0.2) is 33.1 Å². The van der Waals surface area contributed by atoms with E-state index >= 15 is 0 Å². The van der Waals surface area contributed by atoms with E-state index in [0.717, 1.165) is 7.11 Å². The van der Waals surface area contributed by atoms with Crippen LogP contribution >= 0.6 is 0 Å². The van der Waals surface area contributed by atoms with E-state index in [9.17, 15) is 9.59 Å². The number of hydrogen-bond acceptors (Lipinski definition) is 5. The largest absolute Gasteiger partial charge is 0.497 e. The first-order chi connectivity index (χ1) is 7.62. The number of hydrogen-bond donors (Lipinski definition) is 0. The zero-order valence-electron chi connectivity index (χ0n) is 9.27. The molecule has 0 unspecified atom stereocenters. The van der Waals surface area contributed by atoms with Crippen molar-refractivity contribution in [1.82, 2.24) is 0 Å². The lowest BCUT2D eigenvalue weighted by Crippen LogP contribution is -2.15. The summed E-state index contributed by atoms with van der Waals surface area (Å²) in [5.41, 5.74) is 0.169. The van der Waals surface area contributed by atoms with Gasteiger partial charge in [-0.05, 0) is 12.1 Å². The molecule has 5 heteroatoms. The Morgan fingerprint density at radius 1 is 0.938 bits per heavy atom. The van der Waals surface area contributed by atoms with Crippen LogP contribution in [0.3, 0.4) is 0 Å². The number of Topliss-reactive ketones (excluding diaryl/α,β-unsaturated/α-hetero) is 1. The van der Waals surface area contributed by atoms with Crippen molar-refractivity contribution in [3.8, 4) is 11.5 Å². The molecule has 0 bridgehead atoms. The van der Waals surface area contributed by atoms with Gasteiger partial charge in [-0.2, -0.15) is 0 Å². The normalized spacial score (nSPS) is 9.44. The number of rotatable bonds is 4. The van der Waals surface area contributed by atoms with Gasteiger partial charge >= 0.3 is 5.97 Å². The second-order valence-corrected chi connectivity index (χ2v) is 2.92. The average Bonchev–Trinajstić information content (AvgIpc) is 2.35. The molecule has 1 aromatic carbocycles. The fourth-order valence-electron chi connectivity index (χ4n) is 1.15. The number of carbonyl (C=O) groups excluding carboxylic acids is 2. The zero-order chi connectivity index (χ0) is 12.1. The van der Waals surface area contributed by atoms with Gasteiger partial charge in [0.1, 0.15) is 11.5 Å². The average molecular weight is 224 g/mol. The van der Waals surface area contributed by atoms with E-state index in [0.29, 0.717) is 11.5 Å². The van der Waals surface area contributed by atoms with Crippen LogP contribution in [0.2, 0.25) is 0 Å². The maximum Gasteiger partial charge on any atom is 0.379 e. The Morgan fingerprint density at radius 2 is 1.44 bits per heavy atom. The minimum Gasteiger partial charge on any atom is -0.497 e. The number of benzene rings is 1. The van der Waals surface area contributed by atoms with Crippen molar-refractivity contribution < 1.29 is 23.8 Å². The molecule has 0 radical (unpaired) electrons. The number of ketones is 1. The van der Waals surface area contributed by atoms with Gasteiger partial charge in [-0.15, -0.1) is 0 Å². The Kier molecular flexibility index (Phi) is 3.88. The zero-order valence-corrected chi connectivity index (χ0v) is 9.27. The van der Waals surface area contributed by atoms with E-state index in [1.807, 2.05) is 0 Å². The van der Waals surface area contributed by atoms with Crippen LogP contribution in [0, 0.1) is 0 Å². The van der Waals surface area contributed by atoms with Gasteiger partial charge in [0.2, 0.25) is 0 Å². The molecule has 0 fully saturated rings. The summed E-state index contributed by atoms with van der Waals surface area (Å²) in [5.74, 6) is -0.784. The SMILES string of the molecule is COC(=O)C(=O)c1cc(OC)cc(OC)c1. The van der Waals surface area contributed by atoms with Gasteiger partial charge in [0.25, 0.3) is 5.78 Å². The van der Waals surface area contributed by atoms with Crippen molar-refractivity contribution in [2.45, 2.75) is 0 Å². The minimum absolute atomic E-state index is 0.169. The van der Waals surface area contributed by atoms with E-state index in [1.54, 1.807) is 6.07 Å². The first kappa shape index (κ1) is 12.0. The predicted molar refractivity (Wildman–Crippen MR) is 55.9 cm³/mol. The molecule has 86 valence electrons. The smallest absolute Gasteiger partial charge is 0.379 e. The highest BCUT2D eigenvalue weighted by atomic mass is 16.5. The van der Waals surface area contributed by atoms with Crippen LogP contribution in [-0.2, 0) is 9.53 Å². The minimum atomic E-state index is -0.921. The van der Waals surface area contributed by atoms with Gasteiger partial charge in [0, 0.05) is 11.6 Å². The Morgan fingerprint density at radius 3 is 1.81 bits per heavy atom. The van der Waals surface area contributed by atoms with Crippen molar-refractivity contribution >= 4 is 11.8 Å². The summed E-state index contributed by atoms with van der Waals surface area (Å²) in [4.78, 5) is 22.6. The second-order valence-electron chi connectivity index (χ2n) is 2.92. The van der Waals surface area contributed by atoms with Crippen molar-refractivity contribution in [3.05, 3.63) is 23.8 Å². The molecule has 16 heavy (non-hydrogen) atoms. The van der Waals surface area contributed by atoms with Crippen molar-refractivity contribution in [3.63, 3.8) is 0 Å². The van der Waals surface area contributed by atoms with E-state index in [2.05, 4.69) is 4.74 Å². The fraction of sp³-hybridized carbons (Fsp3) is 0.273. The first-order valence-corrected chi connectivity index (χ1v) is 4.48. The lowest BCUT2D eigenvalue weighted by atomic mass is 10.1. The molecule has 0 saturated heterocycles. The maximum absolute atomic E-state index is 11.5. The highest BCUT2D eigenvalue weighted by Gasteiger charge is 2.18. The Labute approximate surface area is 92.9 Å². The summed E-state index contributed by atoms with van der Waals surface area (Å²) in [6, 6.07) is 4.50. The summed E-state index contributed by atoms with van der Waals surface area (Å²) in [6.45, 7) is 0. The molecule has 0 saturated carbocycles. The highest BCUT2D eigenvalue weighted by Crippen LogP contribution is 2.22. The molecule has 0 spiro atoms. The molecule has 0 heterocycles. The molecule has 0 aliphatic heterocycles. The lowest BCUT2D eigenvalue weighted by Gasteiger charge is -2.06. The third kappa shape index (κ3) is 2.50. The number of carbonyl (C=O) groups is 2. The monoisotopic (exact) mass is 224 g/mol. The Bertz CT molecular complexity index is 389. The third-order valence-electron chi connectivity index (χ3n) is 1.98. The summed E-state index contributed by atoms with van der Waals surface area (Å²) in [6.07, 6.45) is 0. The van der Waals surface area contributed by atoms with Crippen LogP contribution in [0.1, 0.15) is 10.4 Å². The summed E-state index contributed by atoms with van der Waals surface area (Å²) in [5, 5.41) is 0. The molecule has 0 aromatic heterocycles. The molecule has 0 amide bonds. The van der Waals surface area contributed by atoms with Crippen LogP contribution in [0.5, 0.6) is 11.5 Å². The predicted octanol–water partition coefficient (Wildman–Crippen LogP) is 1.06. The molecular formula is C11H12O5. The molecule has 5 nitrogen and oxygen atoms in total. The van der Waals surface area contributed by atoms with Crippen LogP contribution in [0.4, 0.5) is 0 Å². The molecule has 1 rings (SSSR count). The highest BCUT2D eigenvalue weighted by molar-refractivity contribution is 6.40. The molecule has 1 aromatic rings. The van der Waals surface area contributed by atoms with Crippen LogP contribution < -0.4 is 9.47 Å². The second kappa shape index (κ2) is 5.16. The third-order valence-corrected chi connectivity index (χ3v) is 1.98. The molecule has 0 N–H and O–H groups in total. The van der Waals surface area contributed by atoms with Gasteiger partial charge in [-0.1, -0.05) is 0 Å². The van der Waals surface area contributed by atoms with Gasteiger partial charge in [0.05, 0.1) is 21.3 Å². The van der Waals surface area contributed by atoms with Crippen LogP contribution in [0.15, 0.2) is 18.2 Å². The van der Waals surface area contributed by atoms with Crippen molar-refractivity contribution in [1.29, 1.82) is 0 Å². The van der Waals surface area contributed by atoms with Crippen LogP contribution in [0.25, 0.3) is 0 Å². The van der Waals surface area contributed by atoms with Gasteiger partial charge in [-0.25, -0.2) is 4.79 Å². The van der Waals surface area contributed by atoms with Crippen molar-refractivity contribution in [2.24, 2.45) is 0 Å². The van der Waals surface area contributed by atoms with E-state index < -0.39 is 11.8 Å². The molecule has 0 aliphatic rings. The van der Waals surface area contributed by atoms with Gasteiger partial charge in [-0.3, -0.25) is 4.79 Å². The first-order valence-electron chi connectivity index (χ1n) is 4.48. The van der Waals surface area contributed by atoms with E-state index in [-0.39, 0.29) is 5.56 Å². The quantitative estimate of drug-likeness (QED) is 0.434. The number of ether oxygens (including phenoxy) is 3. The molecular weight excluding hydrogens is 212 g/mol. The summed E-state index contributed by atoms with van der Waals surface area (Å²) in [7, 11) is 4.07. The van der Waals surface area contributed by atoms with E-state index in [1.165, 1.54) is 26.4 Å². The molecule has 0 atom stereocenters. The number of methoxy groups -OCH3 is 3. The maximum atomic E-state index is 11.5. The van der Waals surface area contributed by atoms with Crippen molar-refractivity contribution in [2.75, 3.05) is 21.3 Å². The van der Waals surface area contributed by atoms with E-state index in [4.69, 9.17) is 9.47 Å². The number of esters is 1. The summed E-state index contributed by atoms with van der Waals surface area (Å²) >= 11 is 0.